The highest BCUT2D eigenvalue weighted by molar-refractivity contribution is 6.33. The Morgan fingerprint density at radius 3 is 2.62 bits per heavy atom. The molecule has 1 aliphatic rings. The van der Waals surface area contributed by atoms with Crippen LogP contribution in [-0.4, -0.2) is 30.9 Å². The van der Waals surface area contributed by atoms with Crippen molar-refractivity contribution >= 4 is 17.7 Å². The van der Waals surface area contributed by atoms with Gasteiger partial charge in [-0.05, 0) is 69.0 Å². The predicted molar refractivity (Wildman–Crippen MR) is 116 cm³/mol. The fourth-order valence-electron chi connectivity index (χ4n) is 2.88. The summed E-state index contributed by atoms with van der Waals surface area (Å²) in [4.78, 5) is 11.7. The van der Waals surface area contributed by atoms with E-state index >= 15 is 0 Å². The Hall–Kier alpha value is -2.24. The van der Waals surface area contributed by atoms with Crippen LogP contribution in [0, 0.1) is 0 Å². The number of ether oxygens (including phenoxy) is 2. The van der Waals surface area contributed by atoms with E-state index in [1.807, 2.05) is 57.2 Å². The van der Waals surface area contributed by atoms with E-state index < -0.39 is 11.7 Å². The van der Waals surface area contributed by atoms with Crippen LogP contribution >= 0.6 is 11.6 Å². The molecule has 1 saturated carbocycles. The quantitative estimate of drug-likeness (QED) is 0.583. The monoisotopic (exact) mass is 416 g/mol. The molecule has 156 valence electrons. The molecule has 1 aliphatic carbocycles. The number of amides is 1. The molecule has 1 fully saturated rings. The molecule has 0 unspecified atom stereocenters. The molecular weight excluding hydrogens is 388 g/mol. The highest BCUT2D eigenvalue weighted by Crippen LogP contribution is 2.31. The standard InChI is InChI=1S/C23H29ClN2O3/c1-23(2,3)29-22(27)25-10-11-28-19-13-16(15-26-18-8-9-18)12-17(14-19)20-6-4-5-7-21(20)24/h4-7,12-14,18,26H,8-11,15H2,1-3H3,(H,25,27). The molecular formula is C23H29ClN2O3. The number of hydrogen-bond donors (Lipinski definition) is 2. The normalized spacial score (nSPS) is 13.8. The third-order valence-corrected chi connectivity index (χ3v) is 4.69. The van der Waals surface area contributed by atoms with Crippen LogP contribution in [0.1, 0.15) is 39.2 Å². The second-order valence-electron chi connectivity index (χ2n) is 8.28. The van der Waals surface area contributed by atoms with Gasteiger partial charge in [-0.1, -0.05) is 29.8 Å². The third-order valence-electron chi connectivity index (χ3n) is 4.36. The van der Waals surface area contributed by atoms with E-state index in [0.717, 1.165) is 29.0 Å². The molecule has 2 aromatic rings. The van der Waals surface area contributed by atoms with Crippen LogP contribution in [0.25, 0.3) is 11.1 Å². The van der Waals surface area contributed by atoms with Crippen LogP contribution < -0.4 is 15.4 Å². The summed E-state index contributed by atoms with van der Waals surface area (Å²) in [6, 6.07) is 14.6. The number of halogens is 1. The zero-order valence-electron chi connectivity index (χ0n) is 17.3. The summed E-state index contributed by atoms with van der Waals surface area (Å²) in [7, 11) is 0. The maximum absolute atomic E-state index is 11.7. The minimum Gasteiger partial charge on any atom is -0.492 e. The lowest BCUT2D eigenvalue weighted by atomic mass is 10.0. The molecule has 6 heteroatoms. The Morgan fingerprint density at radius 2 is 1.93 bits per heavy atom. The van der Waals surface area contributed by atoms with E-state index in [-0.39, 0.29) is 0 Å². The molecule has 0 atom stereocenters. The van der Waals surface area contributed by atoms with Gasteiger partial charge in [-0.25, -0.2) is 4.79 Å². The fourth-order valence-corrected chi connectivity index (χ4v) is 3.13. The van der Waals surface area contributed by atoms with Gasteiger partial charge in [-0.3, -0.25) is 0 Å². The third kappa shape index (κ3) is 7.26. The van der Waals surface area contributed by atoms with Gasteiger partial charge < -0.3 is 20.1 Å². The lowest BCUT2D eigenvalue weighted by Crippen LogP contribution is -2.34. The molecule has 0 bridgehead atoms. The van der Waals surface area contributed by atoms with E-state index in [2.05, 4.69) is 16.7 Å². The van der Waals surface area contributed by atoms with Gasteiger partial charge >= 0.3 is 6.09 Å². The Balaban J connectivity index is 1.65. The zero-order valence-corrected chi connectivity index (χ0v) is 18.0. The molecule has 0 radical (unpaired) electrons. The minimum atomic E-state index is -0.516. The largest absolute Gasteiger partial charge is 0.492 e. The summed E-state index contributed by atoms with van der Waals surface area (Å²) < 4.78 is 11.1. The smallest absolute Gasteiger partial charge is 0.407 e. The summed E-state index contributed by atoms with van der Waals surface area (Å²) in [5, 5.41) is 6.95. The molecule has 0 saturated heterocycles. The van der Waals surface area contributed by atoms with Crippen molar-refractivity contribution in [1.82, 2.24) is 10.6 Å². The van der Waals surface area contributed by atoms with Gasteiger partial charge in [0, 0.05) is 23.2 Å². The Bertz CT molecular complexity index is 844. The van der Waals surface area contributed by atoms with Crippen LogP contribution in [0.15, 0.2) is 42.5 Å². The first kappa shape index (κ1) is 21.5. The Labute approximate surface area is 177 Å². The summed E-state index contributed by atoms with van der Waals surface area (Å²) in [5.41, 5.74) is 2.61. The van der Waals surface area contributed by atoms with Crippen molar-refractivity contribution in [2.24, 2.45) is 0 Å². The first-order chi connectivity index (χ1) is 13.8. The number of hydrogen-bond acceptors (Lipinski definition) is 4. The van der Waals surface area contributed by atoms with Crippen molar-refractivity contribution < 1.29 is 14.3 Å². The summed E-state index contributed by atoms with van der Waals surface area (Å²) >= 11 is 6.40. The molecule has 2 N–H and O–H groups in total. The van der Waals surface area contributed by atoms with Crippen LogP contribution in [0.2, 0.25) is 5.02 Å². The van der Waals surface area contributed by atoms with Crippen LogP contribution in [0.3, 0.4) is 0 Å². The molecule has 29 heavy (non-hydrogen) atoms. The lowest BCUT2D eigenvalue weighted by Gasteiger charge is -2.19. The van der Waals surface area contributed by atoms with Crippen LogP contribution in [0.5, 0.6) is 5.75 Å². The number of carbonyl (C=O) groups excluding carboxylic acids is 1. The van der Waals surface area contributed by atoms with Crippen molar-refractivity contribution in [1.29, 1.82) is 0 Å². The summed E-state index contributed by atoms with van der Waals surface area (Å²) in [6.45, 7) is 7.00. The van der Waals surface area contributed by atoms with Gasteiger partial charge in [-0.2, -0.15) is 0 Å². The minimum absolute atomic E-state index is 0.348. The van der Waals surface area contributed by atoms with Crippen molar-refractivity contribution in [3.63, 3.8) is 0 Å². The van der Waals surface area contributed by atoms with Crippen molar-refractivity contribution in [3.8, 4) is 16.9 Å². The van der Waals surface area contributed by atoms with Gasteiger partial charge in [0.25, 0.3) is 0 Å². The highest BCUT2D eigenvalue weighted by atomic mass is 35.5. The van der Waals surface area contributed by atoms with Gasteiger partial charge in [-0.15, -0.1) is 0 Å². The second kappa shape index (κ2) is 9.51. The van der Waals surface area contributed by atoms with Crippen LogP contribution in [-0.2, 0) is 11.3 Å². The average Bonchev–Trinajstić information content (AvgIpc) is 3.47. The zero-order chi connectivity index (χ0) is 20.9. The maximum atomic E-state index is 11.7. The fraction of sp³-hybridized carbons (Fsp3) is 0.435. The maximum Gasteiger partial charge on any atom is 0.407 e. The topological polar surface area (TPSA) is 59.6 Å². The Kier molecular flexibility index (Phi) is 7.04. The van der Waals surface area contributed by atoms with E-state index in [9.17, 15) is 4.79 Å². The van der Waals surface area contributed by atoms with Gasteiger partial charge in [0.1, 0.15) is 18.0 Å². The van der Waals surface area contributed by atoms with Gasteiger partial charge in [0.05, 0.1) is 6.54 Å². The molecule has 5 nitrogen and oxygen atoms in total. The number of rotatable bonds is 8. The Morgan fingerprint density at radius 1 is 1.17 bits per heavy atom. The first-order valence-electron chi connectivity index (χ1n) is 10.0. The SMILES string of the molecule is CC(C)(C)OC(=O)NCCOc1cc(CNC2CC2)cc(-c2ccccc2Cl)c1. The first-order valence-corrected chi connectivity index (χ1v) is 10.4. The molecule has 2 aromatic carbocycles. The number of nitrogens with one attached hydrogen (secondary N) is 2. The summed E-state index contributed by atoms with van der Waals surface area (Å²) in [5.74, 6) is 0.751. The molecule has 1 amide bonds. The van der Waals surface area contributed by atoms with Crippen LogP contribution in [0.4, 0.5) is 4.79 Å². The van der Waals surface area contributed by atoms with E-state index in [1.54, 1.807) is 0 Å². The van der Waals surface area contributed by atoms with Crippen molar-refractivity contribution in [2.75, 3.05) is 13.2 Å². The molecule has 0 spiro atoms. The lowest BCUT2D eigenvalue weighted by molar-refractivity contribution is 0.0520. The van der Waals surface area contributed by atoms with E-state index in [4.69, 9.17) is 21.1 Å². The second-order valence-corrected chi connectivity index (χ2v) is 8.68. The molecule has 3 rings (SSSR count). The summed E-state index contributed by atoms with van der Waals surface area (Å²) in [6.07, 6.45) is 2.04. The average molecular weight is 417 g/mol. The molecule has 0 aromatic heterocycles. The molecule has 0 aliphatic heterocycles. The number of carbonyl (C=O) groups is 1. The van der Waals surface area contributed by atoms with Crippen molar-refractivity contribution in [3.05, 3.63) is 53.1 Å². The van der Waals surface area contributed by atoms with Gasteiger partial charge in [0.15, 0.2) is 0 Å². The van der Waals surface area contributed by atoms with Gasteiger partial charge in [0.2, 0.25) is 0 Å². The number of benzene rings is 2. The van der Waals surface area contributed by atoms with E-state index in [0.29, 0.717) is 24.2 Å². The number of alkyl carbamates (subject to hydrolysis) is 1. The van der Waals surface area contributed by atoms with Crippen molar-refractivity contribution in [2.45, 2.75) is 51.8 Å². The molecule has 0 heterocycles. The van der Waals surface area contributed by atoms with E-state index in [1.165, 1.54) is 12.8 Å². The highest BCUT2D eigenvalue weighted by Gasteiger charge is 2.20. The predicted octanol–water partition coefficient (Wildman–Crippen LogP) is 5.16.